The van der Waals surface area contributed by atoms with Crippen molar-refractivity contribution >= 4 is 18.0 Å². The van der Waals surface area contributed by atoms with Crippen molar-refractivity contribution < 1.29 is 19.8 Å². The number of aliphatic hydroxyl groups excluding tert-OH is 1. The van der Waals surface area contributed by atoms with Crippen LogP contribution in [-0.2, 0) is 9.59 Å². The van der Waals surface area contributed by atoms with Gasteiger partial charge in [-0.15, -0.1) is 0 Å². The SMILES string of the molecule is Cc1ccc(/C=C/C(=O)NCC[C@H](O)C(=O)O)cc1. The van der Waals surface area contributed by atoms with Crippen LogP contribution in [0.3, 0.4) is 0 Å². The van der Waals surface area contributed by atoms with E-state index in [1.165, 1.54) is 6.08 Å². The normalized spacial score (nSPS) is 12.3. The molecule has 0 bridgehead atoms. The maximum absolute atomic E-state index is 11.4. The van der Waals surface area contributed by atoms with Crippen LogP contribution < -0.4 is 5.32 Å². The van der Waals surface area contributed by atoms with Crippen molar-refractivity contribution in [3.05, 3.63) is 41.5 Å². The Morgan fingerprint density at radius 3 is 2.53 bits per heavy atom. The Labute approximate surface area is 111 Å². The van der Waals surface area contributed by atoms with Gasteiger partial charge in [0.15, 0.2) is 6.10 Å². The minimum Gasteiger partial charge on any atom is -0.479 e. The molecule has 0 spiro atoms. The van der Waals surface area contributed by atoms with Gasteiger partial charge in [-0.2, -0.15) is 0 Å². The molecule has 0 heterocycles. The van der Waals surface area contributed by atoms with Crippen LogP contribution in [0, 0.1) is 6.92 Å². The molecule has 0 aliphatic rings. The quantitative estimate of drug-likeness (QED) is 0.667. The minimum atomic E-state index is -1.44. The summed E-state index contributed by atoms with van der Waals surface area (Å²) < 4.78 is 0. The molecule has 0 aliphatic heterocycles. The molecule has 0 aromatic heterocycles. The first kappa shape index (κ1) is 14.9. The average molecular weight is 263 g/mol. The van der Waals surface area contributed by atoms with E-state index in [0.717, 1.165) is 11.1 Å². The molecule has 1 atom stereocenters. The second kappa shape index (κ2) is 7.33. The minimum absolute atomic E-state index is 0.0144. The molecule has 1 aromatic carbocycles. The van der Waals surface area contributed by atoms with Crippen LogP contribution in [0.25, 0.3) is 6.08 Å². The largest absolute Gasteiger partial charge is 0.479 e. The fourth-order valence-electron chi connectivity index (χ4n) is 1.36. The number of carbonyl (C=O) groups is 2. The molecule has 1 amide bonds. The smallest absolute Gasteiger partial charge is 0.332 e. The summed E-state index contributed by atoms with van der Waals surface area (Å²) in [5.74, 6) is -1.61. The van der Waals surface area contributed by atoms with Crippen LogP contribution in [0.5, 0.6) is 0 Å². The summed E-state index contributed by atoms with van der Waals surface area (Å²) in [5, 5.41) is 20.0. The van der Waals surface area contributed by atoms with Crippen molar-refractivity contribution in [3.63, 3.8) is 0 Å². The van der Waals surface area contributed by atoms with E-state index in [0.29, 0.717) is 0 Å². The third-order valence-electron chi connectivity index (χ3n) is 2.51. The fourth-order valence-corrected chi connectivity index (χ4v) is 1.36. The van der Waals surface area contributed by atoms with Crippen molar-refractivity contribution in [1.82, 2.24) is 5.32 Å². The van der Waals surface area contributed by atoms with Crippen molar-refractivity contribution in [1.29, 1.82) is 0 Å². The van der Waals surface area contributed by atoms with E-state index >= 15 is 0 Å². The summed E-state index contributed by atoms with van der Waals surface area (Å²) >= 11 is 0. The summed E-state index contributed by atoms with van der Waals surface area (Å²) in [7, 11) is 0. The molecule has 0 unspecified atom stereocenters. The van der Waals surface area contributed by atoms with Gasteiger partial charge < -0.3 is 15.5 Å². The van der Waals surface area contributed by atoms with Crippen LogP contribution in [0.1, 0.15) is 17.5 Å². The third kappa shape index (κ3) is 5.83. The van der Waals surface area contributed by atoms with Gasteiger partial charge in [-0.3, -0.25) is 4.79 Å². The number of carbonyl (C=O) groups excluding carboxylic acids is 1. The van der Waals surface area contributed by atoms with Crippen LogP contribution in [0.15, 0.2) is 30.3 Å². The first-order valence-corrected chi connectivity index (χ1v) is 5.92. The summed E-state index contributed by atoms with van der Waals surface area (Å²) in [5.41, 5.74) is 2.05. The van der Waals surface area contributed by atoms with Crippen LogP contribution in [0.4, 0.5) is 0 Å². The molecule has 1 aromatic rings. The number of aliphatic carboxylic acids is 1. The maximum atomic E-state index is 11.4. The highest BCUT2D eigenvalue weighted by molar-refractivity contribution is 5.91. The van der Waals surface area contributed by atoms with E-state index in [2.05, 4.69) is 5.32 Å². The predicted octanol–water partition coefficient (Wildman–Crippen LogP) is 0.960. The molecular formula is C14H17NO4. The number of aryl methyl sites for hydroxylation is 1. The lowest BCUT2D eigenvalue weighted by molar-refractivity contribution is -0.147. The van der Waals surface area contributed by atoms with Crippen LogP contribution in [-0.4, -0.2) is 34.7 Å². The van der Waals surface area contributed by atoms with Gasteiger partial charge in [0, 0.05) is 19.0 Å². The maximum Gasteiger partial charge on any atom is 0.332 e. The van der Waals surface area contributed by atoms with Gasteiger partial charge >= 0.3 is 5.97 Å². The van der Waals surface area contributed by atoms with E-state index in [1.54, 1.807) is 6.08 Å². The number of amides is 1. The highest BCUT2D eigenvalue weighted by atomic mass is 16.4. The molecular weight excluding hydrogens is 246 g/mol. The molecule has 0 saturated carbocycles. The second-order valence-corrected chi connectivity index (χ2v) is 4.18. The van der Waals surface area contributed by atoms with E-state index in [1.807, 2.05) is 31.2 Å². The molecule has 0 aliphatic carbocycles. The lowest BCUT2D eigenvalue weighted by atomic mass is 10.1. The monoisotopic (exact) mass is 263 g/mol. The van der Waals surface area contributed by atoms with Crippen LogP contribution >= 0.6 is 0 Å². The summed E-state index contributed by atoms with van der Waals surface area (Å²) in [6.45, 7) is 2.10. The summed E-state index contributed by atoms with van der Waals surface area (Å²) in [6, 6.07) is 7.68. The molecule has 19 heavy (non-hydrogen) atoms. The summed E-state index contributed by atoms with van der Waals surface area (Å²) in [4.78, 5) is 21.7. The Morgan fingerprint density at radius 1 is 1.32 bits per heavy atom. The molecule has 5 heteroatoms. The number of nitrogens with one attached hydrogen (secondary N) is 1. The lowest BCUT2D eigenvalue weighted by Crippen LogP contribution is -2.28. The average Bonchev–Trinajstić information content (AvgIpc) is 2.37. The Morgan fingerprint density at radius 2 is 1.95 bits per heavy atom. The number of benzene rings is 1. The van der Waals surface area contributed by atoms with Gasteiger partial charge in [-0.1, -0.05) is 29.8 Å². The Balaban J connectivity index is 2.35. The molecule has 0 fully saturated rings. The number of rotatable bonds is 6. The molecule has 0 saturated heterocycles. The van der Waals surface area contributed by atoms with Gasteiger partial charge in [-0.25, -0.2) is 4.79 Å². The number of hydrogen-bond acceptors (Lipinski definition) is 3. The third-order valence-corrected chi connectivity index (χ3v) is 2.51. The highest BCUT2D eigenvalue weighted by Gasteiger charge is 2.12. The first-order valence-electron chi connectivity index (χ1n) is 5.92. The molecule has 5 nitrogen and oxygen atoms in total. The Bertz CT molecular complexity index is 465. The van der Waals surface area contributed by atoms with Gasteiger partial charge in [0.05, 0.1) is 0 Å². The number of carboxylic acids is 1. The zero-order valence-corrected chi connectivity index (χ0v) is 10.7. The molecule has 1 rings (SSSR count). The standard InChI is InChI=1S/C14H17NO4/c1-10-2-4-11(5-3-10)6-7-13(17)15-9-8-12(16)14(18)19/h2-7,12,16H,8-9H2,1H3,(H,15,17)(H,18,19)/b7-6+/t12-/m0/s1. The van der Waals surface area contributed by atoms with Gasteiger partial charge in [0.2, 0.25) is 5.91 Å². The Kier molecular flexibility index (Phi) is 5.75. The van der Waals surface area contributed by atoms with E-state index in [9.17, 15) is 9.59 Å². The van der Waals surface area contributed by atoms with Crippen molar-refractivity contribution in [3.8, 4) is 0 Å². The van der Waals surface area contributed by atoms with Gasteiger partial charge in [-0.05, 0) is 18.6 Å². The van der Waals surface area contributed by atoms with Crippen molar-refractivity contribution in [2.24, 2.45) is 0 Å². The number of aliphatic hydroxyl groups is 1. The zero-order chi connectivity index (χ0) is 14.3. The fraction of sp³-hybridized carbons (Fsp3) is 0.286. The topological polar surface area (TPSA) is 86.6 Å². The van der Waals surface area contributed by atoms with Gasteiger partial charge in [0.25, 0.3) is 0 Å². The highest BCUT2D eigenvalue weighted by Crippen LogP contribution is 2.04. The first-order chi connectivity index (χ1) is 8.99. The molecule has 102 valence electrons. The van der Waals surface area contributed by atoms with E-state index in [-0.39, 0.29) is 18.9 Å². The predicted molar refractivity (Wildman–Crippen MR) is 71.5 cm³/mol. The summed E-state index contributed by atoms with van der Waals surface area (Å²) in [6.07, 6.45) is 1.58. The Hall–Kier alpha value is -2.14. The van der Waals surface area contributed by atoms with E-state index < -0.39 is 12.1 Å². The zero-order valence-electron chi connectivity index (χ0n) is 10.7. The molecule has 3 N–H and O–H groups in total. The molecule has 0 radical (unpaired) electrons. The van der Waals surface area contributed by atoms with E-state index in [4.69, 9.17) is 10.2 Å². The second-order valence-electron chi connectivity index (χ2n) is 4.18. The van der Waals surface area contributed by atoms with Crippen molar-refractivity contribution in [2.75, 3.05) is 6.54 Å². The number of hydrogen-bond donors (Lipinski definition) is 3. The lowest BCUT2D eigenvalue weighted by Gasteiger charge is -2.05. The van der Waals surface area contributed by atoms with Crippen LogP contribution in [0.2, 0.25) is 0 Å². The van der Waals surface area contributed by atoms with Crippen molar-refractivity contribution in [2.45, 2.75) is 19.4 Å². The van der Waals surface area contributed by atoms with Gasteiger partial charge in [0.1, 0.15) is 0 Å². The number of carboxylic acid groups (broad SMARTS) is 1.